The van der Waals surface area contributed by atoms with Crippen molar-refractivity contribution in [3.05, 3.63) is 82.6 Å². The number of hydrogen-bond acceptors (Lipinski definition) is 3. The molecule has 0 aliphatic carbocycles. The molecule has 4 nitrogen and oxygen atoms in total. The summed E-state index contributed by atoms with van der Waals surface area (Å²) in [6.45, 7) is 1.74. The van der Waals surface area contributed by atoms with Gasteiger partial charge in [-0.2, -0.15) is 0 Å². The first-order valence-corrected chi connectivity index (χ1v) is 8.31. The highest BCUT2D eigenvalue weighted by Crippen LogP contribution is 2.30. The van der Waals surface area contributed by atoms with Crippen LogP contribution in [-0.4, -0.2) is 11.1 Å². The molecule has 0 fully saturated rings. The third-order valence-electron chi connectivity index (χ3n) is 3.98. The van der Waals surface area contributed by atoms with Crippen LogP contribution in [0.2, 0.25) is 0 Å². The molecule has 0 saturated carbocycles. The van der Waals surface area contributed by atoms with E-state index in [4.69, 9.17) is 17.0 Å². The average Bonchev–Trinajstić information content (AvgIpc) is 2.60. The molecule has 0 saturated heterocycles. The minimum absolute atomic E-state index is 0.0829. The Labute approximate surface area is 154 Å². The van der Waals surface area contributed by atoms with Crippen molar-refractivity contribution in [2.24, 2.45) is 0 Å². The molecule has 134 valence electrons. The van der Waals surface area contributed by atoms with Crippen molar-refractivity contribution in [1.29, 1.82) is 0 Å². The SMILES string of the molecule is CC1=C(C(=O)OCc2ccccc2)[C@H](c2ccc(F)cc2F)NC(=S)N1. The number of esters is 1. The van der Waals surface area contributed by atoms with Crippen LogP contribution in [-0.2, 0) is 16.1 Å². The fraction of sp³-hybridized carbons (Fsp3) is 0.158. The van der Waals surface area contributed by atoms with E-state index in [2.05, 4.69) is 10.6 Å². The quantitative estimate of drug-likeness (QED) is 0.634. The van der Waals surface area contributed by atoms with Crippen LogP contribution < -0.4 is 10.6 Å². The molecule has 1 aliphatic rings. The number of allylic oxidation sites excluding steroid dienone is 1. The Morgan fingerprint density at radius 3 is 2.62 bits per heavy atom. The van der Waals surface area contributed by atoms with Crippen LogP contribution in [0.1, 0.15) is 24.1 Å². The van der Waals surface area contributed by atoms with Gasteiger partial charge in [-0.3, -0.25) is 0 Å². The summed E-state index contributed by atoms with van der Waals surface area (Å²) in [5, 5.41) is 5.94. The van der Waals surface area contributed by atoms with Gasteiger partial charge in [0.15, 0.2) is 5.11 Å². The minimum Gasteiger partial charge on any atom is -0.457 e. The Hall–Kier alpha value is -2.80. The third-order valence-corrected chi connectivity index (χ3v) is 4.20. The Kier molecular flexibility index (Phi) is 5.27. The van der Waals surface area contributed by atoms with Crippen LogP contribution in [0.5, 0.6) is 0 Å². The van der Waals surface area contributed by atoms with Crippen LogP contribution in [0.3, 0.4) is 0 Å². The van der Waals surface area contributed by atoms with Gasteiger partial charge in [0.1, 0.15) is 18.2 Å². The van der Waals surface area contributed by atoms with E-state index < -0.39 is 23.6 Å². The Bertz CT molecular complexity index is 884. The molecule has 0 radical (unpaired) electrons. The highest BCUT2D eigenvalue weighted by Gasteiger charge is 2.32. The van der Waals surface area contributed by atoms with E-state index in [1.807, 2.05) is 30.3 Å². The molecule has 0 unspecified atom stereocenters. The number of hydrogen-bond donors (Lipinski definition) is 2. The first-order chi connectivity index (χ1) is 12.5. The molecule has 2 N–H and O–H groups in total. The van der Waals surface area contributed by atoms with Gasteiger partial charge >= 0.3 is 5.97 Å². The van der Waals surface area contributed by atoms with E-state index in [1.165, 1.54) is 6.07 Å². The summed E-state index contributed by atoms with van der Waals surface area (Å²) in [7, 11) is 0. The molecule has 2 aromatic carbocycles. The number of carbonyl (C=O) groups excluding carboxylic acids is 1. The molecule has 7 heteroatoms. The van der Waals surface area contributed by atoms with Gasteiger partial charge in [-0.25, -0.2) is 13.6 Å². The molecule has 0 spiro atoms. The number of halogens is 2. The van der Waals surface area contributed by atoms with Crippen molar-refractivity contribution in [3.63, 3.8) is 0 Å². The van der Waals surface area contributed by atoms with E-state index in [0.29, 0.717) is 5.70 Å². The molecule has 0 aromatic heterocycles. The summed E-state index contributed by atoms with van der Waals surface area (Å²) in [5.41, 5.74) is 1.60. The molecule has 1 atom stereocenters. The van der Waals surface area contributed by atoms with Gasteiger partial charge in [-0.1, -0.05) is 36.4 Å². The highest BCUT2D eigenvalue weighted by atomic mass is 32.1. The predicted octanol–water partition coefficient (Wildman–Crippen LogP) is 3.50. The first kappa shape index (κ1) is 18.0. The lowest BCUT2D eigenvalue weighted by molar-refractivity contribution is -0.140. The zero-order valence-electron chi connectivity index (χ0n) is 13.9. The van der Waals surface area contributed by atoms with Crippen molar-refractivity contribution in [2.75, 3.05) is 0 Å². The maximum atomic E-state index is 14.3. The van der Waals surface area contributed by atoms with E-state index in [0.717, 1.165) is 17.7 Å². The van der Waals surface area contributed by atoms with Gasteiger partial charge in [-0.15, -0.1) is 0 Å². The van der Waals surface area contributed by atoms with Gasteiger partial charge < -0.3 is 15.4 Å². The summed E-state index contributed by atoms with van der Waals surface area (Å²) in [6, 6.07) is 11.5. The molecule has 3 rings (SSSR count). The molecule has 0 amide bonds. The smallest absolute Gasteiger partial charge is 0.338 e. The average molecular weight is 374 g/mol. The molecule has 26 heavy (non-hydrogen) atoms. The highest BCUT2D eigenvalue weighted by molar-refractivity contribution is 7.80. The maximum absolute atomic E-state index is 14.3. The molecular weight excluding hydrogens is 358 g/mol. The largest absolute Gasteiger partial charge is 0.457 e. The topological polar surface area (TPSA) is 50.4 Å². The number of benzene rings is 2. The van der Waals surface area contributed by atoms with Gasteiger partial charge in [0.2, 0.25) is 0 Å². The predicted molar refractivity (Wildman–Crippen MR) is 96.9 cm³/mol. The minimum atomic E-state index is -0.868. The summed E-state index contributed by atoms with van der Waals surface area (Å²) < 4.78 is 32.9. The summed E-state index contributed by atoms with van der Waals surface area (Å²) >= 11 is 5.10. The fourth-order valence-electron chi connectivity index (χ4n) is 2.73. The normalized spacial score (nSPS) is 16.7. The third kappa shape index (κ3) is 3.88. The molecule has 0 bridgehead atoms. The van der Waals surface area contributed by atoms with Crippen LogP contribution >= 0.6 is 12.2 Å². The lowest BCUT2D eigenvalue weighted by Crippen LogP contribution is -2.45. The van der Waals surface area contributed by atoms with E-state index in [9.17, 15) is 13.6 Å². The van der Waals surface area contributed by atoms with E-state index in [-0.39, 0.29) is 22.9 Å². The molecule has 2 aromatic rings. The zero-order chi connectivity index (χ0) is 18.7. The van der Waals surface area contributed by atoms with Crippen molar-refractivity contribution < 1.29 is 18.3 Å². The number of thiocarbonyl (C=S) groups is 1. The molecule has 1 aliphatic heterocycles. The fourth-order valence-corrected chi connectivity index (χ4v) is 3.01. The Morgan fingerprint density at radius 1 is 1.19 bits per heavy atom. The second-order valence-corrected chi connectivity index (χ2v) is 6.21. The van der Waals surface area contributed by atoms with E-state index >= 15 is 0 Å². The van der Waals surface area contributed by atoms with Crippen LogP contribution in [0.15, 0.2) is 59.8 Å². The van der Waals surface area contributed by atoms with Crippen molar-refractivity contribution in [2.45, 2.75) is 19.6 Å². The van der Waals surface area contributed by atoms with Gasteiger partial charge in [0.05, 0.1) is 11.6 Å². The standard InChI is InChI=1S/C19H16F2N2O2S/c1-11-16(18(24)25-10-12-5-3-2-4-6-12)17(23-19(26)22-11)14-8-7-13(20)9-15(14)21/h2-9,17H,10H2,1H3,(H2,22,23,26)/t17-/m0/s1. The van der Waals surface area contributed by atoms with E-state index in [1.54, 1.807) is 6.92 Å². The number of rotatable bonds is 4. The number of ether oxygens (including phenoxy) is 1. The van der Waals surface area contributed by atoms with Crippen LogP contribution in [0.25, 0.3) is 0 Å². The number of nitrogens with one attached hydrogen (secondary N) is 2. The van der Waals surface area contributed by atoms with Crippen molar-refractivity contribution >= 4 is 23.3 Å². The van der Waals surface area contributed by atoms with Gasteiger partial charge in [-0.05, 0) is 30.8 Å². The lowest BCUT2D eigenvalue weighted by atomic mass is 9.95. The van der Waals surface area contributed by atoms with Gasteiger partial charge in [0, 0.05) is 17.3 Å². The number of carbonyl (C=O) groups is 1. The van der Waals surface area contributed by atoms with Gasteiger partial charge in [0.25, 0.3) is 0 Å². The maximum Gasteiger partial charge on any atom is 0.338 e. The zero-order valence-corrected chi connectivity index (χ0v) is 14.7. The van der Waals surface area contributed by atoms with Crippen molar-refractivity contribution in [1.82, 2.24) is 10.6 Å². The molecule has 1 heterocycles. The Balaban J connectivity index is 1.89. The Morgan fingerprint density at radius 2 is 1.92 bits per heavy atom. The molecular formula is C19H16F2N2O2S. The summed E-state index contributed by atoms with van der Waals surface area (Å²) in [4.78, 5) is 12.7. The van der Waals surface area contributed by atoms with Crippen LogP contribution in [0, 0.1) is 11.6 Å². The second-order valence-electron chi connectivity index (χ2n) is 5.80. The summed E-state index contributed by atoms with van der Waals surface area (Å²) in [6.07, 6.45) is 0. The monoisotopic (exact) mass is 374 g/mol. The van der Waals surface area contributed by atoms with Crippen molar-refractivity contribution in [3.8, 4) is 0 Å². The first-order valence-electron chi connectivity index (χ1n) is 7.90. The lowest BCUT2D eigenvalue weighted by Gasteiger charge is -2.30. The summed E-state index contributed by atoms with van der Waals surface area (Å²) in [5.74, 6) is -2.08. The van der Waals surface area contributed by atoms with Crippen LogP contribution in [0.4, 0.5) is 8.78 Å². The second kappa shape index (κ2) is 7.61.